The summed E-state index contributed by atoms with van der Waals surface area (Å²) < 4.78 is 5.44. The first-order valence-corrected chi connectivity index (χ1v) is 5.97. The van der Waals surface area contributed by atoms with Gasteiger partial charge < -0.3 is 15.5 Å². The van der Waals surface area contributed by atoms with Crippen molar-refractivity contribution in [3.63, 3.8) is 0 Å². The Morgan fingerprint density at radius 1 is 1.56 bits per heavy atom. The third kappa shape index (κ3) is 2.87. The van der Waals surface area contributed by atoms with Crippen molar-refractivity contribution in [3.8, 4) is 0 Å². The third-order valence-corrected chi connectivity index (χ3v) is 2.62. The Morgan fingerprint density at radius 2 is 2.33 bits per heavy atom. The van der Waals surface area contributed by atoms with Gasteiger partial charge in [-0.15, -0.1) is 0 Å². The maximum Gasteiger partial charge on any atom is 0.287 e. The lowest BCUT2D eigenvalue weighted by Crippen LogP contribution is -2.28. The van der Waals surface area contributed by atoms with E-state index < -0.39 is 0 Å². The Morgan fingerprint density at radius 3 is 3.06 bits per heavy atom. The second-order valence-electron chi connectivity index (χ2n) is 4.47. The number of hydrogen-bond acceptors (Lipinski definition) is 4. The molecule has 2 aromatic heterocycles. The van der Waals surface area contributed by atoms with E-state index in [1.165, 1.54) is 0 Å². The van der Waals surface area contributed by atoms with Crippen LogP contribution < -0.4 is 11.1 Å². The Hall–Kier alpha value is -1.88. The molecule has 2 aromatic rings. The number of fused-ring (bicyclic) bond motifs is 1. The van der Waals surface area contributed by atoms with Crippen molar-refractivity contribution in [3.05, 3.63) is 29.7 Å². The maximum absolute atomic E-state index is 11.8. The lowest BCUT2D eigenvalue weighted by Gasteiger charge is -2.05. The zero-order chi connectivity index (χ0) is 13.1. The molecule has 0 bridgehead atoms. The van der Waals surface area contributed by atoms with E-state index in [2.05, 4.69) is 10.3 Å². The van der Waals surface area contributed by atoms with Gasteiger partial charge in [-0.3, -0.25) is 4.79 Å². The molecule has 0 radical (unpaired) electrons. The number of furan rings is 1. The van der Waals surface area contributed by atoms with Crippen LogP contribution in [-0.4, -0.2) is 23.5 Å². The SMILES string of the molecule is Cc1ccc2oc(C(=O)NCCC(C)N)cc2n1. The van der Waals surface area contributed by atoms with Crippen LogP contribution in [-0.2, 0) is 0 Å². The molecule has 2 heterocycles. The molecule has 1 unspecified atom stereocenters. The van der Waals surface area contributed by atoms with E-state index in [1.54, 1.807) is 6.07 Å². The van der Waals surface area contributed by atoms with Gasteiger partial charge in [-0.1, -0.05) is 0 Å². The number of amides is 1. The zero-order valence-electron chi connectivity index (χ0n) is 10.6. The minimum atomic E-state index is -0.230. The summed E-state index contributed by atoms with van der Waals surface area (Å²) in [7, 11) is 0. The summed E-state index contributed by atoms with van der Waals surface area (Å²) in [4.78, 5) is 16.1. The minimum absolute atomic E-state index is 0.0743. The van der Waals surface area contributed by atoms with E-state index in [4.69, 9.17) is 10.2 Å². The molecule has 0 saturated heterocycles. The Bertz CT molecular complexity index is 560. The van der Waals surface area contributed by atoms with Gasteiger partial charge >= 0.3 is 0 Å². The van der Waals surface area contributed by atoms with Crippen LogP contribution in [0.15, 0.2) is 22.6 Å². The summed E-state index contributed by atoms with van der Waals surface area (Å²) in [6, 6.07) is 5.40. The molecule has 96 valence electrons. The lowest BCUT2D eigenvalue weighted by molar-refractivity contribution is 0.0927. The molecule has 0 fully saturated rings. The van der Waals surface area contributed by atoms with Crippen molar-refractivity contribution in [2.24, 2.45) is 5.73 Å². The van der Waals surface area contributed by atoms with Crippen LogP contribution >= 0.6 is 0 Å². The third-order valence-electron chi connectivity index (χ3n) is 2.62. The van der Waals surface area contributed by atoms with E-state index in [0.29, 0.717) is 17.6 Å². The predicted molar refractivity (Wildman–Crippen MR) is 69.3 cm³/mol. The van der Waals surface area contributed by atoms with Crippen molar-refractivity contribution in [2.75, 3.05) is 6.54 Å². The number of nitrogens with two attached hydrogens (primary N) is 1. The fraction of sp³-hybridized carbons (Fsp3) is 0.385. The number of carbonyl (C=O) groups excluding carboxylic acids is 1. The highest BCUT2D eigenvalue weighted by Gasteiger charge is 2.12. The van der Waals surface area contributed by atoms with Crippen molar-refractivity contribution >= 4 is 17.0 Å². The van der Waals surface area contributed by atoms with Crippen molar-refractivity contribution in [1.82, 2.24) is 10.3 Å². The van der Waals surface area contributed by atoms with Crippen LogP contribution in [0.2, 0.25) is 0 Å². The number of pyridine rings is 1. The summed E-state index contributed by atoms with van der Waals surface area (Å²) in [5.74, 6) is 0.0547. The van der Waals surface area contributed by atoms with Gasteiger partial charge in [-0.05, 0) is 32.4 Å². The number of nitrogens with zero attached hydrogens (tertiary/aromatic N) is 1. The predicted octanol–water partition coefficient (Wildman–Crippen LogP) is 1.60. The molecule has 1 atom stereocenters. The molecule has 0 aliphatic rings. The van der Waals surface area contributed by atoms with Crippen molar-refractivity contribution in [2.45, 2.75) is 26.3 Å². The van der Waals surface area contributed by atoms with Gasteiger partial charge in [0.1, 0.15) is 5.52 Å². The first-order chi connectivity index (χ1) is 8.56. The van der Waals surface area contributed by atoms with Gasteiger partial charge in [0.05, 0.1) is 0 Å². The Balaban J connectivity index is 2.08. The van der Waals surface area contributed by atoms with Crippen LogP contribution in [0.25, 0.3) is 11.1 Å². The Labute approximate surface area is 105 Å². The average Bonchev–Trinajstić information content (AvgIpc) is 2.71. The summed E-state index contributed by atoms with van der Waals surface area (Å²) in [6.07, 6.45) is 0.739. The molecule has 3 N–H and O–H groups in total. The second-order valence-corrected chi connectivity index (χ2v) is 4.47. The first-order valence-electron chi connectivity index (χ1n) is 5.97. The van der Waals surface area contributed by atoms with Gasteiger partial charge in [0.25, 0.3) is 5.91 Å². The van der Waals surface area contributed by atoms with Crippen LogP contribution in [0, 0.1) is 6.92 Å². The number of nitrogens with one attached hydrogen (secondary N) is 1. The molecule has 2 rings (SSSR count). The molecule has 18 heavy (non-hydrogen) atoms. The van der Waals surface area contributed by atoms with Gasteiger partial charge in [-0.2, -0.15) is 0 Å². The minimum Gasteiger partial charge on any atom is -0.449 e. The molecule has 0 spiro atoms. The smallest absolute Gasteiger partial charge is 0.287 e. The summed E-state index contributed by atoms with van der Waals surface area (Å²) in [6.45, 7) is 4.34. The molecular formula is C13H17N3O2. The normalized spacial score (nSPS) is 12.6. The van der Waals surface area contributed by atoms with Crippen LogP contribution in [0.1, 0.15) is 29.6 Å². The summed E-state index contributed by atoms with van der Waals surface area (Å²) in [5.41, 5.74) is 7.83. The van der Waals surface area contributed by atoms with Crippen LogP contribution in [0.5, 0.6) is 0 Å². The largest absolute Gasteiger partial charge is 0.449 e. The molecule has 5 heteroatoms. The van der Waals surface area contributed by atoms with Gasteiger partial charge in [0.15, 0.2) is 11.3 Å². The molecule has 0 aromatic carbocycles. The number of aryl methyl sites for hydroxylation is 1. The second kappa shape index (κ2) is 5.18. The standard InChI is InChI=1S/C13H17N3O2/c1-8(14)5-6-15-13(17)12-7-10-11(18-12)4-3-9(2)16-10/h3-4,7-8H,5-6,14H2,1-2H3,(H,15,17). The maximum atomic E-state index is 11.8. The molecule has 0 aliphatic carbocycles. The zero-order valence-corrected chi connectivity index (χ0v) is 10.6. The molecular weight excluding hydrogens is 230 g/mol. The fourth-order valence-corrected chi connectivity index (χ4v) is 1.64. The molecule has 5 nitrogen and oxygen atoms in total. The highest BCUT2D eigenvalue weighted by Crippen LogP contribution is 2.17. The Kier molecular flexibility index (Phi) is 3.62. The summed E-state index contributed by atoms with van der Waals surface area (Å²) in [5, 5.41) is 2.77. The monoisotopic (exact) mass is 247 g/mol. The van der Waals surface area contributed by atoms with Gasteiger partial charge in [-0.25, -0.2) is 4.98 Å². The fourth-order valence-electron chi connectivity index (χ4n) is 1.64. The molecule has 0 saturated carbocycles. The number of aromatic nitrogens is 1. The average molecular weight is 247 g/mol. The highest BCUT2D eigenvalue weighted by molar-refractivity contribution is 5.95. The molecule has 1 amide bonds. The van der Waals surface area contributed by atoms with E-state index in [9.17, 15) is 4.79 Å². The quantitative estimate of drug-likeness (QED) is 0.860. The summed E-state index contributed by atoms with van der Waals surface area (Å²) >= 11 is 0. The number of carbonyl (C=O) groups is 1. The van der Waals surface area contributed by atoms with Crippen LogP contribution in [0.3, 0.4) is 0 Å². The van der Waals surface area contributed by atoms with E-state index in [1.807, 2.05) is 26.0 Å². The van der Waals surface area contributed by atoms with Gasteiger partial charge in [0, 0.05) is 24.3 Å². The lowest BCUT2D eigenvalue weighted by atomic mass is 10.2. The number of rotatable bonds is 4. The van der Waals surface area contributed by atoms with E-state index in [0.717, 1.165) is 12.1 Å². The van der Waals surface area contributed by atoms with Crippen LogP contribution in [0.4, 0.5) is 0 Å². The molecule has 0 aliphatic heterocycles. The van der Waals surface area contributed by atoms with E-state index in [-0.39, 0.29) is 17.7 Å². The topological polar surface area (TPSA) is 81.2 Å². The van der Waals surface area contributed by atoms with Gasteiger partial charge in [0.2, 0.25) is 0 Å². The van der Waals surface area contributed by atoms with Crippen molar-refractivity contribution < 1.29 is 9.21 Å². The van der Waals surface area contributed by atoms with Crippen molar-refractivity contribution in [1.29, 1.82) is 0 Å². The number of hydrogen-bond donors (Lipinski definition) is 2. The highest BCUT2D eigenvalue weighted by atomic mass is 16.3. The van der Waals surface area contributed by atoms with E-state index >= 15 is 0 Å². The first kappa shape index (κ1) is 12.6.